The molecule has 0 bridgehead atoms. The first-order chi connectivity index (χ1) is 14.2. The lowest BCUT2D eigenvalue weighted by Gasteiger charge is -2.07. The van der Waals surface area contributed by atoms with Crippen LogP contribution < -0.4 is 10.0 Å². The van der Waals surface area contributed by atoms with Crippen LogP contribution in [0.2, 0.25) is 0 Å². The van der Waals surface area contributed by atoms with Crippen LogP contribution in [0.25, 0.3) is 12.2 Å². The van der Waals surface area contributed by atoms with Crippen LogP contribution in [-0.2, 0) is 21.4 Å². The Kier molecular flexibility index (Phi) is 6.86. The van der Waals surface area contributed by atoms with Gasteiger partial charge in [-0.3, -0.25) is 4.79 Å². The molecule has 0 fully saturated rings. The molecule has 0 spiro atoms. The highest BCUT2D eigenvalue weighted by atomic mass is 79.9. The molecule has 9 heteroatoms. The van der Waals surface area contributed by atoms with E-state index >= 15 is 0 Å². The second-order valence-corrected chi connectivity index (χ2v) is 9.22. The maximum Gasteiger partial charge on any atom is 0.240 e. The van der Waals surface area contributed by atoms with Crippen molar-refractivity contribution in [2.45, 2.75) is 25.3 Å². The molecule has 0 atom stereocenters. The van der Waals surface area contributed by atoms with Gasteiger partial charge in [-0.25, -0.2) is 13.1 Å². The third-order valence-corrected chi connectivity index (χ3v) is 6.13. The topological polar surface area (TPSA) is 101 Å². The Balaban J connectivity index is 1.69. The summed E-state index contributed by atoms with van der Waals surface area (Å²) in [7, 11) is -3.63. The molecule has 0 saturated heterocycles. The van der Waals surface area contributed by atoms with Crippen molar-refractivity contribution in [3.05, 3.63) is 75.6 Å². The number of nitrogens with one attached hydrogen (secondary N) is 2. The summed E-state index contributed by atoms with van der Waals surface area (Å²) >= 11 is 3.35. The first-order valence-corrected chi connectivity index (χ1v) is 11.3. The van der Waals surface area contributed by atoms with Crippen LogP contribution in [0.5, 0.6) is 0 Å². The first-order valence-electron chi connectivity index (χ1n) is 9.01. The Morgan fingerprint density at radius 2 is 1.77 bits per heavy atom. The molecule has 0 aliphatic rings. The predicted octanol–water partition coefficient (Wildman–Crippen LogP) is 4.35. The molecule has 0 radical (unpaired) electrons. The average Bonchev–Trinajstić information content (AvgIpc) is 3.05. The van der Waals surface area contributed by atoms with Crippen LogP contribution in [0.4, 0.5) is 5.69 Å². The number of nitrogens with zero attached hydrogens (tertiary/aromatic N) is 1. The van der Waals surface area contributed by atoms with Crippen LogP contribution in [0.15, 0.2) is 62.4 Å². The van der Waals surface area contributed by atoms with Crippen molar-refractivity contribution < 1.29 is 17.7 Å². The summed E-state index contributed by atoms with van der Waals surface area (Å²) in [5.41, 5.74) is 2.71. The fourth-order valence-corrected chi connectivity index (χ4v) is 3.91. The number of benzene rings is 2. The average molecular weight is 490 g/mol. The number of carbonyl (C=O) groups excluding carboxylic acids is 1. The van der Waals surface area contributed by atoms with Crippen molar-refractivity contribution in [1.82, 2.24) is 9.88 Å². The van der Waals surface area contributed by atoms with E-state index in [1.807, 2.05) is 24.3 Å². The van der Waals surface area contributed by atoms with Gasteiger partial charge in [-0.2, -0.15) is 0 Å². The largest absolute Gasteiger partial charge is 0.354 e. The zero-order valence-corrected chi connectivity index (χ0v) is 18.7. The van der Waals surface area contributed by atoms with E-state index in [9.17, 15) is 13.2 Å². The summed E-state index contributed by atoms with van der Waals surface area (Å²) in [4.78, 5) is 11.5. The molecular weight excluding hydrogens is 470 g/mol. The van der Waals surface area contributed by atoms with Gasteiger partial charge in [0.2, 0.25) is 15.9 Å². The van der Waals surface area contributed by atoms with Gasteiger partial charge < -0.3 is 9.84 Å². The molecule has 0 saturated carbocycles. The van der Waals surface area contributed by atoms with Gasteiger partial charge in [0, 0.05) is 17.9 Å². The Morgan fingerprint density at radius 1 is 1.10 bits per heavy atom. The van der Waals surface area contributed by atoms with Gasteiger partial charge in [0.1, 0.15) is 11.4 Å². The molecular formula is C21H20BrN3O4S. The quantitative estimate of drug-likeness (QED) is 0.513. The molecule has 2 N–H and O–H groups in total. The molecule has 0 unspecified atom stereocenters. The molecule has 3 rings (SSSR count). The predicted molar refractivity (Wildman–Crippen MR) is 119 cm³/mol. The van der Waals surface area contributed by atoms with Gasteiger partial charge >= 0.3 is 0 Å². The molecule has 156 valence electrons. The number of aryl methyl sites for hydroxylation is 1. The molecule has 0 aliphatic heterocycles. The molecule has 7 nitrogen and oxygen atoms in total. The molecule has 30 heavy (non-hydrogen) atoms. The maximum absolute atomic E-state index is 12.5. The third kappa shape index (κ3) is 5.65. The molecule has 1 heterocycles. The van der Waals surface area contributed by atoms with E-state index in [-0.39, 0.29) is 17.3 Å². The van der Waals surface area contributed by atoms with Gasteiger partial charge in [0.25, 0.3) is 0 Å². The summed E-state index contributed by atoms with van der Waals surface area (Å²) in [6.45, 7) is 3.34. The fourth-order valence-electron chi connectivity index (χ4n) is 2.62. The minimum atomic E-state index is -3.63. The lowest BCUT2D eigenvalue weighted by molar-refractivity contribution is -0.114. The highest BCUT2D eigenvalue weighted by molar-refractivity contribution is 9.10. The number of hydrogen-bond donors (Lipinski definition) is 2. The zero-order valence-electron chi connectivity index (χ0n) is 16.3. The van der Waals surface area contributed by atoms with Crippen LogP contribution >= 0.6 is 15.9 Å². The fraction of sp³-hybridized carbons (Fsp3) is 0.143. The number of hydrogen-bond acceptors (Lipinski definition) is 5. The van der Waals surface area contributed by atoms with Crippen molar-refractivity contribution >= 4 is 49.7 Å². The molecule has 1 aromatic heterocycles. The van der Waals surface area contributed by atoms with Gasteiger partial charge in [-0.1, -0.05) is 51.4 Å². The minimum absolute atomic E-state index is 0.172. The normalized spacial score (nSPS) is 11.7. The number of anilines is 1. The molecule has 0 aliphatic carbocycles. The van der Waals surface area contributed by atoms with E-state index in [0.717, 1.165) is 15.6 Å². The van der Waals surface area contributed by atoms with E-state index < -0.39 is 10.0 Å². The van der Waals surface area contributed by atoms with Gasteiger partial charge in [0.05, 0.1) is 4.90 Å². The summed E-state index contributed by atoms with van der Waals surface area (Å²) in [5, 5.41) is 6.53. The second-order valence-electron chi connectivity index (χ2n) is 6.54. The van der Waals surface area contributed by atoms with Crippen molar-refractivity contribution in [1.29, 1.82) is 0 Å². The summed E-state index contributed by atoms with van der Waals surface area (Å²) < 4.78 is 33.8. The van der Waals surface area contributed by atoms with Gasteiger partial charge in [0.15, 0.2) is 5.76 Å². The Labute approximate surface area is 183 Å². The van der Waals surface area contributed by atoms with Crippen molar-refractivity contribution in [2.24, 2.45) is 0 Å². The summed E-state index contributed by atoms with van der Waals surface area (Å²) in [6.07, 6.45) is 3.41. The number of amides is 1. The molecule has 3 aromatic rings. The van der Waals surface area contributed by atoms with Crippen LogP contribution in [-0.4, -0.2) is 19.5 Å². The summed E-state index contributed by atoms with van der Waals surface area (Å²) in [5.74, 6) is 0.191. The van der Waals surface area contributed by atoms with Crippen LogP contribution in [0.1, 0.15) is 29.5 Å². The number of rotatable bonds is 7. The van der Waals surface area contributed by atoms with E-state index in [2.05, 4.69) is 31.1 Å². The maximum atomic E-state index is 12.5. The van der Waals surface area contributed by atoms with Gasteiger partial charge in [-0.15, -0.1) is 0 Å². The smallest absolute Gasteiger partial charge is 0.240 e. The van der Waals surface area contributed by atoms with E-state index in [4.69, 9.17) is 4.52 Å². The highest BCUT2D eigenvalue weighted by Gasteiger charge is 2.14. The Bertz CT molecular complexity index is 1170. The van der Waals surface area contributed by atoms with E-state index in [0.29, 0.717) is 17.1 Å². The Morgan fingerprint density at radius 3 is 2.40 bits per heavy atom. The van der Waals surface area contributed by atoms with Gasteiger partial charge in [-0.05, 0) is 48.4 Å². The van der Waals surface area contributed by atoms with Crippen LogP contribution in [0.3, 0.4) is 0 Å². The van der Waals surface area contributed by atoms with Crippen LogP contribution in [0, 0.1) is 6.92 Å². The van der Waals surface area contributed by atoms with E-state index in [1.165, 1.54) is 19.1 Å². The standard InChI is InChI=1S/C21H20BrN3O4S/c1-14-21(24-15(2)26)20(29-25-14)12-7-16-5-10-19(11-6-16)30(27,28)23-13-17-3-8-18(22)9-4-17/h3-12,23H,13H2,1-2H3,(H,24,26). The SMILES string of the molecule is CC(=O)Nc1c(C)noc1C=Cc1ccc(S(=O)(=O)NCc2ccc(Br)cc2)cc1. The lowest BCUT2D eigenvalue weighted by Crippen LogP contribution is -2.23. The number of carbonyl (C=O) groups is 1. The minimum Gasteiger partial charge on any atom is -0.354 e. The van der Waals surface area contributed by atoms with E-state index in [1.54, 1.807) is 31.2 Å². The monoisotopic (exact) mass is 489 g/mol. The summed E-state index contributed by atoms with van der Waals surface area (Å²) in [6, 6.07) is 13.9. The molecule has 1 amide bonds. The lowest BCUT2D eigenvalue weighted by atomic mass is 10.2. The Hall–Kier alpha value is -2.75. The zero-order chi connectivity index (χ0) is 21.7. The van der Waals surface area contributed by atoms with Crippen molar-refractivity contribution in [2.75, 3.05) is 5.32 Å². The number of halogens is 1. The highest BCUT2D eigenvalue weighted by Crippen LogP contribution is 2.23. The third-order valence-electron chi connectivity index (χ3n) is 4.19. The van der Waals surface area contributed by atoms with Crippen molar-refractivity contribution in [3.63, 3.8) is 0 Å². The number of sulfonamides is 1. The second kappa shape index (κ2) is 9.38. The van der Waals surface area contributed by atoms with Crippen molar-refractivity contribution in [3.8, 4) is 0 Å². The molecule has 2 aromatic carbocycles. The first kappa shape index (κ1) is 21.9. The number of aromatic nitrogens is 1.